The molecule has 1 atom stereocenters. The van der Waals surface area contributed by atoms with Crippen molar-refractivity contribution in [2.45, 2.75) is 52.0 Å². The molecule has 0 bridgehead atoms. The van der Waals surface area contributed by atoms with Gasteiger partial charge < -0.3 is 15.4 Å². The van der Waals surface area contributed by atoms with Crippen LogP contribution in [0, 0.1) is 12.8 Å². The minimum atomic E-state index is -0.479. The van der Waals surface area contributed by atoms with Crippen LogP contribution in [0.25, 0.3) is 0 Å². The summed E-state index contributed by atoms with van der Waals surface area (Å²) < 4.78 is 5.61. The van der Waals surface area contributed by atoms with Gasteiger partial charge in [0, 0.05) is 5.70 Å². The lowest BCUT2D eigenvalue weighted by Gasteiger charge is -2.29. The van der Waals surface area contributed by atoms with Gasteiger partial charge in [-0.05, 0) is 38.2 Å². The summed E-state index contributed by atoms with van der Waals surface area (Å²) in [5.74, 6) is 0.115. The summed E-state index contributed by atoms with van der Waals surface area (Å²) in [4.78, 5) is 24.6. The largest absolute Gasteiger partial charge is 0.462 e. The van der Waals surface area contributed by atoms with Gasteiger partial charge in [-0.2, -0.15) is 0 Å². The molecule has 1 aliphatic carbocycles. The Labute approximate surface area is 148 Å². The van der Waals surface area contributed by atoms with Crippen molar-refractivity contribution in [3.63, 3.8) is 0 Å². The average Bonchev–Trinajstić information content (AvgIpc) is 2.60. The highest BCUT2D eigenvalue weighted by molar-refractivity contribution is 5.95. The average molecular weight is 342 g/mol. The van der Waals surface area contributed by atoms with Crippen molar-refractivity contribution in [3.8, 4) is 0 Å². The van der Waals surface area contributed by atoms with Crippen LogP contribution >= 0.6 is 0 Å². The Bertz CT molecular complexity index is 673. The fourth-order valence-corrected chi connectivity index (χ4v) is 3.60. The first-order valence-corrected chi connectivity index (χ1v) is 9.06. The third kappa shape index (κ3) is 4.21. The van der Waals surface area contributed by atoms with E-state index >= 15 is 0 Å². The highest BCUT2D eigenvalue weighted by Gasteiger charge is 2.32. The van der Waals surface area contributed by atoms with E-state index < -0.39 is 6.04 Å². The van der Waals surface area contributed by atoms with E-state index in [1.165, 1.54) is 19.3 Å². The first-order valence-electron chi connectivity index (χ1n) is 9.06. The number of hydrogen-bond donors (Lipinski definition) is 2. The van der Waals surface area contributed by atoms with Gasteiger partial charge in [0.25, 0.3) is 0 Å². The Balaban J connectivity index is 1.76. The summed E-state index contributed by atoms with van der Waals surface area (Å²) in [6, 6.07) is 7.05. The second kappa shape index (κ2) is 7.72. The smallest absolute Gasteiger partial charge is 0.338 e. The molecule has 1 aromatic carbocycles. The van der Waals surface area contributed by atoms with Crippen LogP contribution in [-0.4, -0.2) is 18.6 Å². The van der Waals surface area contributed by atoms with Gasteiger partial charge in [0.15, 0.2) is 0 Å². The van der Waals surface area contributed by atoms with Gasteiger partial charge in [-0.25, -0.2) is 9.59 Å². The van der Waals surface area contributed by atoms with Gasteiger partial charge in [-0.15, -0.1) is 0 Å². The highest BCUT2D eigenvalue weighted by Crippen LogP contribution is 2.29. The van der Waals surface area contributed by atoms with Crippen LogP contribution in [0.3, 0.4) is 0 Å². The first-order chi connectivity index (χ1) is 12.0. The third-order valence-corrected chi connectivity index (χ3v) is 5.07. The van der Waals surface area contributed by atoms with Gasteiger partial charge in [0.1, 0.15) is 0 Å². The molecule has 1 saturated carbocycles. The van der Waals surface area contributed by atoms with Crippen molar-refractivity contribution in [3.05, 3.63) is 46.7 Å². The van der Waals surface area contributed by atoms with E-state index in [0.717, 1.165) is 24.0 Å². The van der Waals surface area contributed by atoms with E-state index in [1.807, 2.05) is 31.2 Å². The molecule has 5 heteroatoms. The molecule has 0 saturated heterocycles. The lowest BCUT2D eigenvalue weighted by atomic mass is 9.90. The predicted molar refractivity (Wildman–Crippen MR) is 95.8 cm³/mol. The number of ether oxygens (including phenoxy) is 1. The molecule has 1 aliphatic heterocycles. The van der Waals surface area contributed by atoms with Gasteiger partial charge in [0.05, 0.1) is 18.2 Å². The van der Waals surface area contributed by atoms with E-state index in [2.05, 4.69) is 10.6 Å². The van der Waals surface area contributed by atoms with Crippen molar-refractivity contribution in [1.82, 2.24) is 10.6 Å². The molecule has 134 valence electrons. The number of nitrogens with one attached hydrogen (secondary N) is 2. The highest BCUT2D eigenvalue weighted by atomic mass is 16.5. The summed E-state index contributed by atoms with van der Waals surface area (Å²) in [6.45, 7) is 4.21. The fraction of sp³-hybridized carbons (Fsp3) is 0.500. The number of allylic oxidation sites excluding steroid dienone is 1. The molecule has 0 spiro atoms. The maximum Gasteiger partial charge on any atom is 0.338 e. The topological polar surface area (TPSA) is 67.4 Å². The number of amides is 2. The van der Waals surface area contributed by atoms with Crippen LogP contribution in [0.5, 0.6) is 0 Å². The minimum Gasteiger partial charge on any atom is -0.462 e. The standard InChI is InChI=1S/C20H26N2O3/c1-13-8-10-16(11-9-13)18-17(14(2)21-20(24)22-18)19(23)25-12-15-6-4-3-5-7-15/h8-11,15,18H,3-7,12H2,1-2H3,(H2,21,22,24)/t18-/m0/s1. The Hall–Kier alpha value is -2.30. The number of rotatable bonds is 4. The Morgan fingerprint density at radius 1 is 1.12 bits per heavy atom. The summed E-state index contributed by atoms with van der Waals surface area (Å²) in [5, 5.41) is 5.53. The zero-order chi connectivity index (χ0) is 17.8. The molecule has 25 heavy (non-hydrogen) atoms. The molecule has 2 amide bonds. The second-order valence-corrected chi connectivity index (χ2v) is 7.08. The monoisotopic (exact) mass is 342 g/mol. The van der Waals surface area contributed by atoms with E-state index in [4.69, 9.17) is 4.74 Å². The zero-order valence-corrected chi connectivity index (χ0v) is 14.9. The summed E-state index contributed by atoms with van der Waals surface area (Å²) >= 11 is 0. The number of hydrogen-bond acceptors (Lipinski definition) is 3. The van der Waals surface area contributed by atoms with Crippen LogP contribution in [0.4, 0.5) is 4.79 Å². The van der Waals surface area contributed by atoms with E-state index in [1.54, 1.807) is 6.92 Å². The molecule has 0 radical (unpaired) electrons. The van der Waals surface area contributed by atoms with Gasteiger partial charge in [-0.1, -0.05) is 49.1 Å². The van der Waals surface area contributed by atoms with Crippen LogP contribution < -0.4 is 10.6 Å². The number of aryl methyl sites for hydroxylation is 1. The van der Waals surface area contributed by atoms with E-state index in [9.17, 15) is 9.59 Å². The Morgan fingerprint density at radius 2 is 1.80 bits per heavy atom. The maximum absolute atomic E-state index is 12.7. The van der Waals surface area contributed by atoms with Crippen molar-refractivity contribution in [2.75, 3.05) is 6.61 Å². The third-order valence-electron chi connectivity index (χ3n) is 5.07. The number of carbonyl (C=O) groups is 2. The van der Waals surface area contributed by atoms with Gasteiger partial charge in [-0.3, -0.25) is 0 Å². The Kier molecular flexibility index (Phi) is 5.41. The SMILES string of the molecule is CC1=C(C(=O)OCC2CCCCC2)[C@H](c2ccc(C)cc2)NC(=O)N1. The summed E-state index contributed by atoms with van der Waals surface area (Å²) in [5.41, 5.74) is 3.05. The molecule has 5 nitrogen and oxygen atoms in total. The minimum absolute atomic E-state index is 0.299. The van der Waals surface area contributed by atoms with Crippen LogP contribution in [-0.2, 0) is 9.53 Å². The number of urea groups is 1. The van der Waals surface area contributed by atoms with Crippen LogP contribution in [0.15, 0.2) is 35.5 Å². The molecule has 3 rings (SSSR count). The quantitative estimate of drug-likeness (QED) is 0.819. The normalized spacial score (nSPS) is 21.5. The molecular weight excluding hydrogens is 316 g/mol. The lowest BCUT2D eigenvalue weighted by molar-refractivity contribution is -0.141. The van der Waals surface area contributed by atoms with Gasteiger partial charge >= 0.3 is 12.0 Å². The summed E-state index contributed by atoms with van der Waals surface area (Å²) in [7, 11) is 0. The van der Waals surface area contributed by atoms with Crippen molar-refractivity contribution >= 4 is 12.0 Å². The maximum atomic E-state index is 12.7. The number of carbonyl (C=O) groups excluding carboxylic acids is 2. The molecule has 0 aromatic heterocycles. The zero-order valence-electron chi connectivity index (χ0n) is 14.9. The van der Waals surface area contributed by atoms with Crippen LogP contribution in [0.2, 0.25) is 0 Å². The second-order valence-electron chi connectivity index (χ2n) is 7.08. The molecular formula is C20H26N2O3. The molecule has 2 aliphatic rings. The van der Waals surface area contributed by atoms with Crippen molar-refractivity contribution < 1.29 is 14.3 Å². The lowest BCUT2D eigenvalue weighted by Crippen LogP contribution is -2.45. The first kappa shape index (κ1) is 17.5. The number of esters is 1. The molecule has 1 aromatic rings. The molecule has 1 heterocycles. The fourth-order valence-electron chi connectivity index (χ4n) is 3.60. The molecule has 1 fully saturated rings. The predicted octanol–water partition coefficient (Wildman–Crippen LogP) is 3.75. The van der Waals surface area contributed by atoms with E-state index in [-0.39, 0.29) is 12.0 Å². The number of benzene rings is 1. The molecule has 2 N–H and O–H groups in total. The molecule has 0 unspecified atom stereocenters. The van der Waals surface area contributed by atoms with Gasteiger partial charge in [0.2, 0.25) is 0 Å². The summed E-state index contributed by atoms with van der Waals surface area (Å²) in [6.07, 6.45) is 5.96. The van der Waals surface area contributed by atoms with Crippen LogP contribution in [0.1, 0.15) is 56.2 Å². The van der Waals surface area contributed by atoms with Crippen molar-refractivity contribution in [1.29, 1.82) is 0 Å². The van der Waals surface area contributed by atoms with Crippen molar-refractivity contribution in [2.24, 2.45) is 5.92 Å². The Morgan fingerprint density at radius 3 is 2.48 bits per heavy atom. The van der Waals surface area contributed by atoms with E-state index in [0.29, 0.717) is 23.8 Å².